The molecule has 1 aliphatic rings. The van der Waals surface area contributed by atoms with Gasteiger partial charge in [0.1, 0.15) is 11.8 Å². The molecule has 1 fully saturated rings. The van der Waals surface area contributed by atoms with E-state index in [4.69, 9.17) is 18.6 Å². The molecule has 1 aromatic heterocycles. The highest BCUT2D eigenvalue weighted by atomic mass is 16.5. The second-order valence-electron chi connectivity index (χ2n) is 8.77. The summed E-state index contributed by atoms with van der Waals surface area (Å²) in [5, 5.41) is 3.17. The molecular formula is C28H32N2O6. The van der Waals surface area contributed by atoms with Crippen molar-refractivity contribution in [2.75, 3.05) is 21.3 Å². The molecule has 0 spiro atoms. The first-order valence-corrected chi connectivity index (χ1v) is 12.0. The van der Waals surface area contributed by atoms with E-state index < -0.39 is 11.9 Å². The van der Waals surface area contributed by atoms with Crippen LogP contribution in [0.4, 0.5) is 0 Å². The molecule has 4 rings (SSSR count). The average molecular weight is 493 g/mol. The number of carbonyl (C=O) groups is 2. The van der Waals surface area contributed by atoms with Gasteiger partial charge in [-0.2, -0.15) is 0 Å². The molecular weight excluding hydrogens is 460 g/mol. The van der Waals surface area contributed by atoms with E-state index in [0.29, 0.717) is 22.8 Å². The SMILES string of the molecule is COc1ccc(CN(C(=O)c2ccco2)[C@@H](C(=O)NC2CCCC2)c2ccc(OC)c(OC)c2)cc1. The van der Waals surface area contributed by atoms with E-state index in [1.807, 2.05) is 24.3 Å². The predicted octanol–water partition coefficient (Wildman–Crippen LogP) is 4.75. The third-order valence-corrected chi connectivity index (χ3v) is 6.49. The number of benzene rings is 2. The summed E-state index contributed by atoms with van der Waals surface area (Å²) in [5.41, 5.74) is 1.45. The normalized spacial score (nSPS) is 14.2. The van der Waals surface area contributed by atoms with E-state index in [9.17, 15) is 9.59 Å². The van der Waals surface area contributed by atoms with Crippen molar-refractivity contribution in [2.24, 2.45) is 0 Å². The van der Waals surface area contributed by atoms with Gasteiger partial charge in [-0.1, -0.05) is 31.0 Å². The van der Waals surface area contributed by atoms with Crippen molar-refractivity contribution in [3.63, 3.8) is 0 Å². The van der Waals surface area contributed by atoms with Gasteiger partial charge in [0.2, 0.25) is 5.91 Å². The number of hydrogen-bond donors (Lipinski definition) is 1. The number of rotatable bonds is 10. The fourth-order valence-electron chi connectivity index (χ4n) is 4.60. The highest BCUT2D eigenvalue weighted by Crippen LogP contribution is 2.34. The van der Waals surface area contributed by atoms with E-state index in [2.05, 4.69) is 5.32 Å². The minimum absolute atomic E-state index is 0.0849. The molecule has 0 saturated heterocycles. The molecule has 1 heterocycles. The van der Waals surface area contributed by atoms with Crippen LogP contribution in [0.3, 0.4) is 0 Å². The number of methoxy groups -OCH3 is 3. The van der Waals surface area contributed by atoms with Crippen molar-refractivity contribution in [3.05, 3.63) is 77.7 Å². The number of nitrogens with one attached hydrogen (secondary N) is 1. The molecule has 1 saturated carbocycles. The highest BCUT2D eigenvalue weighted by Gasteiger charge is 2.35. The summed E-state index contributed by atoms with van der Waals surface area (Å²) in [6.07, 6.45) is 5.45. The monoisotopic (exact) mass is 492 g/mol. The maximum atomic E-state index is 13.8. The summed E-state index contributed by atoms with van der Waals surface area (Å²) >= 11 is 0. The molecule has 1 N–H and O–H groups in total. The largest absolute Gasteiger partial charge is 0.497 e. The summed E-state index contributed by atoms with van der Waals surface area (Å²) in [5.74, 6) is 1.24. The zero-order chi connectivity index (χ0) is 25.5. The van der Waals surface area contributed by atoms with Crippen molar-refractivity contribution in [2.45, 2.75) is 44.3 Å². The van der Waals surface area contributed by atoms with Gasteiger partial charge < -0.3 is 28.8 Å². The van der Waals surface area contributed by atoms with E-state index >= 15 is 0 Å². The Balaban J connectivity index is 1.77. The van der Waals surface area contributed by atoms with E-state index in [0.717, 1.165) is 31.2 Å². The van der Waals surface area contributed by atoms with Gasteiger partial charge in [-0.25, -0.2) is 0 Å². The van der Waals surface area contributed by atoms with Gasteiger partial charge in [0, 0.05) is 12.6 Å². The molecule has 0 aliphatic heterocycles. The molecule has 190 valence electrons. The quantitative estimate of drug-likeness (QED) is 0.439. The van der Waals surface area contributed by atoms with Crippen molar-refractivity contribution in [1.82, 2.24) is 10.2 Å². The molecule has 2 aromatic carbocycles. The minimum atomic E-state index is -0.926. The first-order valence-electron chi connectivity index (χ1n) is 12.0. The molecule has 2 amide bonds. The summed E-state index contributed by atoms with van der Waals surface area (Å²) in [6, 6.07) is 15.1. The van der Waals surface area contributed by atoms with Crippen molar-refractivity contribution in [1.29, 1.82) is 0 Å². The van der Waals surface area contributed by atoms with E-state index in [1.165, 1.54) is 11.2 Å². The number of furan rings is 1. The first-order chi connectivity index (χ1) is 17.5. The summed E-state index contributed by atoms with van der Waals surface area (Å²) < 4.78 is 21.6. The Morgan fingerprint density at radius 1 is 0.972 bits per heavy atom. The lowest BCUT2D eigenvalue weighted by molar-refractivity contribution is -0.126. The van der Waals surface area contributed by atoms with Crippen LogP contribution in [0.5, 0.6) is 17.2 Å². The topological polar surface area (TPSA) is 90.2 Å². The molecule has 0 bridgehead atoms. The lowest BCUT2D eigenvalue weighted by Gasteiger charge is -2.32. The second kappa shape index (κ2) is 11.7. The van der Waals surface area contributed by atoms with Crippen LogP contribution < -0.4 is 19.5 Å². The van der Waals surface area contributed by atoms with Gasteiger partial charge in [0.25, 0.3) is 5.91 Å². The molecule has 36 heavy (non-hydrogen) atoms. The number of carbonyl (C=O) groups excluding carboxylic acids is 2. The van der Waals surface area contributed by atoms with Crippen LogP contribution in [-0.2, 0) is 11.3 Å². The van der Waals surface area contributed by atoms with Gasteiger partial charge in [-0.05, 0) is 60.4 Å². The fourth-order valence-corrected chi connectivity index (χ4v) is 4.60. The average Bonchev–Trinajstić information content (AvgIpc) is 3.63. The summed E-state index contributed by atoms with van der Waals surface area (Å²) in [6.45, 7) is 0.181. The standard InChI is InChI=1S/C28H32N2O6/c1-33-22-13-10-19(11-14-22)18-30(28(32)24-9-6-16-36-24)26(27(31)29-21-7-4-5-8-21)20-12-15-23(34-2)25(17-20)35-3/h6,9-17,21,26H,4-5,7-8,18H2,1-3H3,(H,29,31)/t26-/m1/s1. The maximum absolute atomic E-state index is 13.8. The number of hydrogen-bond acceptors (Lipinski definition) is 6. The summed E-state index contributed by atoms with van der Waals surface area (Å²) in [4.78, 5) is 29.1. The van der Waals surface area contributed by atoms with Gasteiger partial charge in [-0.15, -0.1) is 0 Å². The van der Waals surface area contributed by atoms with Gasteiger partial charge in [-0.3, -0.25) is 9.59 Å². The smallest absolute Gasteiger partial charge is 0.290 e. The molecule has 3 aromatic rings. The highest BCUT2D eigenvalue weighted by molar-refractivity contribution is 5.96. The Morgan fingerprint density at radius 3 is 2.31 bits per heavy atom. The Bertz CT molecular complexity index is 1150. The van der Waals surface area contributed by atoms with Crippen LogP contribution >= 0.6 is 0 Å². The van der Waals surface area contributed by atoms with Gasteiger partial charge in [0.15, 0.2) is 17.3 Å². The lowest BCUT2D eigenvalue weighted by atomic mass is 10.0. The van der Waals surface area contributed by atoms with Crippen molar-refractivity contribution < 1.29 is 28.2 Å². The Morgan fingerprint density at radius 2 is 1.69 bits per heavy atom. The molecule has 8 nitrogen and oxygen atoms in total. The fraction of sp³-hybridized carbons (Fsp3) is 0.357. The molecule has 0 unspecified atom stereocenters. The second-order valence-corrected chi connectivity index (χ2v) is 8.77. The van der Waals surface area contributed by atoms with Crippen LogP contribution in [0.1, 0.15) is 53.4 Å². The third kappa shape index (κ3) is 5.64. The van der Waals surface area contributed by atoms with Crippen LogP contribution in [0, 0.1) is 0 Å². The maximum Gasteiger partial charge on any atom is 0.290 e. The lowest BCUT2D eigenvalue weighted by Crippen LogP contribution is -2.45. The van der Waals surface area contributed by atoms with Crippen LogP contribution in [0.2, 0.25) is 0 Å². The molecule has 8 heteroatoms. The Kier molecular flexibility index (Phi) is 8.15. The number of ether oxygens (including phenoxy) is 3. The number of amides is 2. The zero-order valence-corrected chi connectivity index (χ0v) is 20.9. The molecule has 0 radical (unpaired) electrons. The molecule has 1 atom stereocenters. The van der Waals surface area contributed by atoms with Crippen LogP contribution in [-0.4, -0.2) is 44.1 Å². The van der Waals surface area contributed by atoms with Crippen molar-refractivity contribution in [3.8, 4) is 17.2 Å². The van der Waals surface area contributed by atoms with Gasteiger partial charge >= 0.3 is 0 Å². The van der Waals surface area contributed by atoms with E-state index in [1.54, 1.807) is 51.7 Å². The summed E-state index contributed by atoms with van der Waals surface area (Å²) in [7, 11) is 4.69. The molecule has 1 aliphatic carbocycles. The predicted molar refractivity (Wildman–Crippen MR) is 134 cm³/mol. The van der Waals surface area contributed by atoms with Crippen LogP contribution in [0.25, 0.3) is 0 Å². The zero-order valence-electron chi connectivity index (χ0n) is 20.9. The first kappa shape index (κ1) is 25.2. The number of nitrogens with zero attached hydrogens (tertiary/aromatic N) is 1. The van der Waals surface area contributed by atoms with E-state index in [-0.39, 0.29) is 24.3 Å². The van der Waals surface area contributed by atoms with Gasteiger partial charge in [0.05, 0.1) is 27.6 Å². The third-order valence-electron chi connectivity index (χ3n) is 6.49. The Labute approximate surface area is 211 Å². The van der Waals surface area contributed by atoms with Crippen molar-refractivity contribution >= 4 is 11.8 Å². The Hall–Kier alpha value is -3.94. The minimum Gasteiger partial charge on any atom is -0.497 e. The van der Waals surface area contributed by atoms with Crippen LogP contribution in [0.15, 0.2) is 65.3 Å².